The second kappa shape index (κ2) is 7.04. The predicted molar refractivity (Wildman–Crippen MR) is 90.8 cm³/mol. The van der Waals surface area contributed by atoms with Crippen LogP contribution in [0.25, 0.3) is 0 Å². The number of carbonyl (C=O) groups excluding carboxylic acids is 1. The Kier molecular flexibility index (Phi) is 4.86. The van der Waals surface area contributed by atoms with E-state index in [1.54, 1.807) is 18.1 Å². The molecular weight excluding hydrogens is 313 g/mol. The molecule has 0 saturated heterocycles. The van der Waals surface area contributed by atoms with Gasteiger partial charge >= 0.3 is 0 Å². The van der Waals surface area contributed by atoms with E-state index in [9.17, 15) is 9.18 Å². The van der Waals surface area contributed by atoms with Crippen molar-refractivity contribution in [2.75, 3.05) is 24.3 Å². The topological polar surface area (TPSA) is 29.5 Å². The first kappa shape index (κ1) is 15.9. The number of benzene rings is 2. The predicted octanol–water partition coefficient (Wildman–Crippen LogP) is 3.91. The molecule has 0 unspecified atom stereocenters. The molecule has 0 bridgehead atoms. The maximum absolute atomic E-state index is 13.3. The van der Waals surface area contributed by atoms with Gasteiger partial charge in [-0.25, -0.2) is 4.39 Å². The van der Waals surface area contributed by atoms with Crippen molar-refractivity contribution in [1.82, 2.24) is 0 Å². The minimum Gasteiger partial charge on any atom is -0.497 e. The summed E-state index contributed by atoms with van der Waals surface area (Å²) in [6.45, 7) is 0.695. The van der Waals surface area contributed by atoms with E-state index in [2.05, 4.69) is 0 Å². The van der Waals surface area contributed by atoms with E-state index in [0.717, 1.165) is 34.7 Å². The summed E-state index contributed by atoms with van der Waals surface area (Å²) >= 11 is 1.50. The number of rotatable bonds is 4. The Labute approximate surface area is 139 Å². The summed E-state index contributed by atoms with van der Waals surface area (Å²) in [5.74, 6) is 0.972. The number of ether oxygens (including phenoxy) is 1. The molecule has 3 rings (SSSR count). The van der Waals surface area contributed by atoms with E-state index in [-0.39, 0.29) is 11.7 Å². The molecule has 0 atom stereocenters. The van der Waals surface area contributed by atoms with Gasteiger partial charge in [0.25, 0.3) is 0 Å². The van der Waals surface area contributed by atoms with Gasteiger partial charge in [-0.1, -0.05) is 0 Å². The number of hydrogen-bond acceptors (Lipinski definition) is 3. The fourth-order valence-electron chi connectivity index (χ4n) is 2.72. The van der Waals surface area contributed by atoms with Gasteiger partial charge in [-0.2, -0.15) is 0 Å². The Balaban J connectivity index is 1.67. The summed E-state index contributed by atoms with van der Waals surface area (Å²) in [7, 11) is 1.63. The van der Waals surface area contributed by atoms with Crippen molar-refractivity contribution in [3.05, 3.63) is 53.8 Å². The highest BCUT2D eigenvalue weighted by Crippen LogP contribution is 2.29. The molecule has 0 N–H and O–H groups in total. The zero-order valence-electron chi connectivity index (χ0n) is 12.9. The smallest absolute Gasteiger partial charge is 0.237 e. The van der Waals surface area contributed by atoms with E-state index in [4.69, 9.17) is 4.74 Å². The van der Waals surface area contributed by atoms with Gasteiger partial charge < -0.3 is 9.64 Å². The maximum Gasteiger partial charge on any atom is 0.237 e. The molecule has 1 aliphatic rings. The van der Waals surface area contributed by atoms with Crippen molar-refractivity contribution < 1.29 is 13.9 Å². The largest absolute Gasteiger partial charge is 0.497 e. The summed E-state index contributed by atoms with van der Waals surface area (Å²) < 4.78 is 18.5. The first-order chi connectivity index (χ1) is 11.2. The lowest BCUT2D eigenvalue weighted by Gasteiger charge is -2.29. The van der Waals surface area contributed by atoms with Crippen LogP contribution in [0.1, 0.15) is 12.0 Å². The third kappa shape index (κ3) is 3.67. The Bertz CT molecular complexity index is 703. The number of halogens is 1. The second-order valence-electron chi connectivity index (χ2n) is 5.39. The zero-order chi connectivity index (χ0) is 16.2. The van der Waals surface area contributed by atoms with Crippen molar-refractivity contribution in [1.29, 1.82) is 0 Å². The molecule has 0 aromatic heterocycles. The van der Waals surface area contributed by atoms with E-state index in [1.807, 2.05) is 24.3 Å². The molecule has 120 valence electrons. The molecule has 0 aliphatic carbocycles. The number of methoxy groups -OCH3 is 1. The van der Waals surface area contributed by atoms with Crippen LogP contribution in [0, 0.1) is 5.82 Å². The van der Waals surface area contributed by atoms with Crippen LogP contribution in [0.2, 0.25) is 0 Å². The Morgan fingerprint density at radius 1 is 1.26 bits per heavy atom. The van der Waals surface area contributed by atoms with Crippen LogP contribution in [0.4, 0.5) is 10.1 Å². The van der Waals surface area contributed by atoms with Gasteiger partial charge in [0.1, 0.15) is 11.6 Å². The molecule has 2 aromatic carbocycles. The van der Waals surface area contributed by atoms with Crippen molar-refractivity contribution in [2.45, 2.75) is 17.7 Å². The number of aryl methyl sites for hydroxylation is 1. The van der Waals surface area contributed by atoms with Gasteiger partial charge in [0.2, 0.25) is 5.91 Å². The third-order valence-electron chi connectivity index (χ3n) is 3.88. The highest BCUT2D eigenvalue weighted by Gasteiger charge is 2.22. The first-order valence-electron chi connectivity index (χ1n) is 7.53. The molecule has 1 amide bonds. The number of amides is 1. The summed E-state index contributed by atoms with van der Waals surface area (Å²) in [5, 5.41) is 0. The number of fused-ring (bicyclic) bond motifs is 1. The monoisotopic (exact) mass is 331 g/mol. The maximum atomic E-state index is 13.3. The van der Waals surface area contributed by atoms with Crippen LogP contribution in [-0.4, -0.2) is 25.3 Å². The van der Waals surface area contributed by atoms with Gasteiger partial charge in [0, 0.05) is 17.1 Å². The van der Waals surface area contributed by atoms with Crippen LogP contribution in [0.15, 0.2) is 47.4 Å². The minimum atomic E-state index is -0.245. The molecule has 0 fully saturated rings. The van der Waals surface area contributed by atoms with Crippen molar-refractivity contribution in [3.8, 4) is 5.75 Å². The average Bonchev–Trinajstić information content (AvgIpc) is 2.59. The SMILES string of the molecule is COc1ccc(SCC(=O)N2CCCc3cc(F)ccc32)cc1. The van der Waals surface area contributed by atoms with Crippen molar-refractivity contribution >= 4 is 23.4 Å². The lowest BCUT2D eigenvalue weighted by molar-refractivity contribution is -0.116. The molecule has 3 nitrogen and oxygen atoms in total. The fourth-order valence-corrected chi connectivity index (χ4v) is 3.49. The van der Waals surface area contributed by atoms with Gasteiger partial charge in [0.15, 0.2) is 0 Å². The minimum absolute atomic E-state index is 0.0541. The van der Waals surface area contributed by atoms with Gasteiger partial charge in [-0.3, -0.25) is 4.79 Å². The highest BCUT2D eigenvalue weighted by atomic mass is 32.2. The molecule has 1 heterocycles. The normalized spacial score (nSPS) is 13.6. The molecule has 5 heteroatoms. The number of hydrogen-bond donors (Lipinski definition) is 0. The number of anilines is 1. The molecular formula is C18H18FNO2S. The number of nitrogens with zero attached hydrogens (tertiary/aromatic N) is 1. The summed E-state index contributed by atoms with van der Waals surface area (Å²) in [4.78, 5) is 15.3. The molecule has 1 aliphatic heterocycles. The zero-order valence-corrected chi connectivity index (χ0v) is 13.7. The van der Waals surface area contributed by atoms with E-state index < -0.39 is 0 Å². The van der Waals surface area contributed by atoms with E-state index in [0.29, 0.717) is 12.3 Å². The van der Waals surface area contributed by atoms with Gasteiger partial charge in [-0.05, 0) is 60.9 Å². The average molecular weight is 331 g/mol. The number of carbonyl (C=O) groups is 1. The molecule has 0 saturated carbocycles. The molecule has 0 spiro atoms. The lowest BCUT2D eigenvalue weighted by Crippen LogP contribution is -2.36. The summed E-state index contributed by atoms with van der Waals surface area (Å²) in [5.41, 5.74) is 1.76. The first-order valence-corrected chi connectivity index (χ1v) is 8.51. The van der Waals surface area contributed by atoms with Crippen molar-refractivity contribution in [3.63, 3.8) is 0 Å². The quantitative estimate of drug-likeness (QED) is 0.796. The number of thioether (sulfide) groups is 1. The second-order valence-corrected chi connectivity index (χ2v) is 6.43. The van der Waals surface area contributed by atoms with Crippen LogP contribution in [0.3, 0.4) is 0 Å². The van der Waals surface area contributed by atoms with E-state index in [1.165, 1.54) is 23.9 Å². The van der Waals surface area contributed by atoms with Crippen LogP contribution < -0.4 is 9.64 Å². The molecule has 2 aromatic rings. The lowest BCUT2D eigenvalue weighted by atomic mass is 10.0. The summed E-state index contributed by atoms with van der Waals surface area (Å²) in [6, 6.07) is 12.3. The Morgan fingerprint density at radius 2 is 2.04 bits per heavy atom. The van der Waals surface area contributed by atoms with Crippen LogP contribution in [0.5, 0.6) is 5.75 Å². The standard InChI is InChI=1S/C18H18FNO2S/c1-22-15-5-7-16(8-6-15)23-12-18(21)20-10-2-3-13-11-14(19)4-9-17(13)20/h4-9,11H,2-3,10,12H2,1H3. The molecule has 0 radical (unpaired) electrons. The Hall–Kier alpha value is -2.01. The van der Waals surface area contributed by atoms with Crippen molar-refractivity contribution in [2.24, 2.45) is 0 Å². The molecule has 23 heavy (non-hydrogen) atoms. The van der Waals surface area contributed by atoms with Gasteiger partial charge in [-0.15, -0.1) is 11.8 Å². The van der Waals surface area contributed by atoms with Gasteiger partial charge in [0.05, 0.1) is 12.9 Å². The van der Waals surface area contributed by atoms with Crippen LogP contribution >= 0.6 is 11.8 Å². The fraction of sp³-hybridized carbons (Fsp3) is 0.278. The Morgan fingerprint density at radius 3 is 2.78 bits per heavy atom. The summed E-state index contributed by atoms with van der Waals surface area (Å²) in [6.07, 6.45) is 1.69. The van der Waals surface area contributed by atoms with Crippen LogP contribution in [-0.2, 0) is 11.2 Å². The third-order valence-corrected chi connectivity index (χ3v) is 4.88. The van der Waals surface area contributed by atoms with E-state index >= 15 is 0 Å². The highest BCUT2D eigenvalue weighted by molar-refractivity contribution is 8.00.